The first-order valence-electron chi connectivity index (χ1n) is 7.75. The maximum Gasteiger partial charge on any atom is 0.421 e. The largest absolute Gasteiger partial charge is 0.471 e. The zero-order valence-electron chi connectivity index (χ0n) is 13.8. The third-order valence-electron chi connectivity index (χ3n) is 3.99. The van der Waals surface area contributed by atoms with Crippen molar-refractivity contribution in [1.29, 1.82) is 0 Å². The third-order valence-corrected chi connectivity index (χ3v) is 5.83. The molecular formula is C16H12F6N2O3S. The molecule has 1 fully saturated rings. The first-order chi connectivity index (χ1) is 12.9. The lowest BCUT2D eigenvalue weighted by Gasteiger charge is -2.37. The van der Waals surface area contributed by atoms with E-state index in [9.17, 15) is 34.8 Å². The van der Waals surface area contributed by atoms with Crippen molar-refractivity contribution in [2.75, 3.05) is 13.1 Å². The fraction of sp³-hybridized carbons (Fsp3) is 0.312. The van der Waals surface area contributed by atoms with Crippen molar-refractivity contribution < 1.29 is 39.5 Å². The van der Waals surface area contributed by atoms with Gasteiger partial charge in [0.1, 0.15) is 11.7 Å². The summed E-state index contributed by atoms with van der Waals surface area (Å²) in [6, 6.07) is 4.82. The minimum absolute atomic E-state index is 0.253. The van der Waals surface area contributed by atoms with Crippen LogP contribution in [-0.2, 0) is 22.4 Å². The number of halogens is 6. The van der Waals surface area contributed by atoms with Gasteiger partial charge in [-0.1, -0.05) is 0 Å². The van der Waals surface area contributed by atoms with Crippen LogP contribution in [0.5, 0.6) is 5.88 Å². The Morgan fingerprint density at radius 3 is 2.11 bits per heavy atom. The monoisotopic (exact) mass is 426 g/mol. The van der Waals surface area contributed by atoms with Gasteiger partial charge in [0.2, 0.25) is 15.9 Å². The van der Waals surface area contributed by atoms with Gasteiger partial charge in [0, 0.05) is 6.20 Å². The fourth-order valence-electron chi connectivity index (χ4n) is 2.49. The summed E-state index contributed by atoms with van der Waals surface area (Å²) < 4.78 is 107. The molecule has 0 aliphatic carbocycles. The van der Waals surface area contributed by atoms with E-state index in [1.54, 1.807) is 0 Å². The molecule has 1 aromatic heterocycles. The van der Waals surface area contributed by atoms with Crippen LogP contribution < -0.4 is 4.74 Å². The normalized spacial score (nSPS) is 16.6. The maximum absolute atomic E-state index is 12.9. The number of rotatable bonds is 4. The number of aromatic nitrogens is 1. The van der Waals surface area contributed by atoms with Crippen LogP contribution in [0.1, 0.15) is 11.1 Å². The summed E-state index contributed by atoms with van der Waals surface area (Å²) in [6.45, 7) is -0.506. The lowest BCUT2D eigenvalue weighted by Crippen LogP contribution is -2.56. The zero-order chi connectivity index (χ0) is 20.7. The highest BCUT2D eigenvalue weighted by atomic mass is 32.2. The van der Waals surface area contributed by atoms with Gasteiger partial charge in [-0.3, -0.25) is 0 Å². The number of hydrogen-bond acceptors (Lipinski definition) is 4. The number of ether oxygens (including phenoxy) is 1. The fourth-order valence-corrected chi connectivity index (χ4v) is 4.00. The molecule has 0 unspecified atom stereocenters. The van der Waals surface area contributed by atoms with Gasteiger partial charge in [0.25, 0.3) is 0 Å². The van der Waals surface area contributed by atoms with E-state index in [-0.39, 0.29) is 18.0 Å². The molecule has 2 heterocycles. The van der Waals surface area contributed by atoms with Crippen molar-refractivity contribution >= 4 is 10.0 Å². The zero-order valence-corrected chi connectivity index (χ0v) is 14.6. The molecule has 3 rings (SSSR count). The molecule has 0 N–H and O–H groups in total. The van der Waals surface area contributed by atoms with Gasteiger partial charge in [0.05, 0.1) is 23.5 Å². The Kier molecular flexibility index (Phi) is 5.04. The first kappa shape index (κ1) is 20.4. The minimum Gasteiger partial charge on any atom is -0.471 e. The van der Waals surface area contributed by atoms with Gasteiger partial charge < -0.3 is 4.74 Å². The molecule has 0 bridgehead atoms. The lowest BCUT2D eigenvalue weighted by atomic mass is 10.2. The summed E-state index contributed by atoms with van der Waals surface area (Å²) in [7, 11) is -4.08. The van der Waals surface area contributed by atoms with Crippen LogP contribution >= 0.6 is 0 Å². The predicted molar refractivity (Wildman–Crippen MR) is 83.9 cm³/mol. The smallest absolute Gasteiger partial charge is 0.421 e. The average molecular weight is 426 g/mol. The average Bonchev–Trinajstić information content (AvgIpc) is 2.56. The Morgan fingerprint density at radius 2 is 1.57 bits per heavy atom. The minimum atomic E-state index is -4.68. The number of hydrogen-bond donors (Lipinski definition) is 0. The molecule has 28 heavy (non-hydrogen) atoms. The molecule has 1 aliphatic heterocycles. The van der Waals surface area contributed by atoms with Crippen LogP contribution in [0.15, 0.2) is 47.5 Å². The summed E-state index contributed by atoms with van der Waals surface area (Å²) >= 11 is 0. The van der Waals surface area contributed by atoms with Crippen molar-refractivity contribution in [3.8, 4) is 5.88 Å². The van der Waals surface area contributed by atoms with Crippen LogP contribution in [0, 0.1) is 0 Å². The predicted octanol–water partition coefficient (Wildman–Crippen LogP) is 3.57. The van der Waals surface area contributed by atoms with Crippen LogP contribution in [0.4, 0.5) is 26.3 Å². The summed E-state index contributed by atoms with van der Waals surface area (Å²) in [5, 5.41) is 0. The Morgan fingerprint density at radius 1 is 0.964 bits per heavy atom. The second-order valence-electron chi connectivity index (χ2n) is 5.94. The molecule has 152 valence electrons. The van der Waals surface area contributed by atoms with E-state index in [4.69, 9.17) is 4.74 Å². The molecule has 1 aromatic carbocycles. The highest BCUT2D eigenvalue weighted by Crippen LogP contribution is 2.36. The highest BCUT2D eigenvalue weighted by molar-refractivity contribution is 7.89. The van der Waals surface area contributed by atoms with Crippen LogP contribution in [0.3, 0.4) is 0 Å². The van der Waals surface area contributed by atoms with Crippen molar-refractivity contribution in [1.82, 2.24) is 9.29 Å². The van der Waals surface area contributed by atoms with Crippen molar-refractivity contribution in [2.24, 2.45) is 0 Å². The molecule has 0 saturated carbocycles. The molecule has 5 nitrogen and oxygen atoms in total. The van der Waals surface area contributed by atoms with E-state index in [1.165, 1.54) is 0 Å². The van der Waals surface area contributed by atoms with Crippen LogP contribution in [0.25, 0.3) is 0 Å². The number of pyridine rings is 1. The molecule has 1 aliphatic rings. The maximum atomic E-state index is 12.9. The Hall–Kier alpha value is -2.34. The highest BCUT2D eigenvalue weighted by Gasteiger charge is 2.41. The van der Waals surface area contributed by atoms with Gasteiger partial charge in [-0.15, -0.1) is 0 Å². The molecule has 0 radical (unpaired) electrons. The SMILES string of the molecule is O=S(=O)(c1ccc(C(F)(F)F)cc1)N1CC(Oc2ncccc2C(F)(F)F)C1. The number of alkyl halides is 6. The second-order valence-corrected chi connectivity index (χ2v) is 7.88. The number of nitrogens with zero attached hydrogens (tertiary/aromatic N) is 2. The summed E-state index contributed by atoms with van der Waals surface area (Å²) in [5.74, 6) is -0.661. The molecular weight excluding hydrogens is 414 g/mol. The molecule has 1 saturated heterocycles. The molecule has 0 atom stereocenters. The van der Waals surface area contributed by atoms with Gasteiger partial charge >= 0.3 is 12.4 Å². The Bertz CT molecular complexity index is 952. The van der Waals surface area contributed by atoms with E-state index in [0.29, 0.717) is 12.1 Å². The molecule has 0 spiro atoms. The lowest BCUT2D eigenvalue weighted by molar-refractivity contribution is -0.140. The standard InChI is InChI=1S/C16H12F6N2O3S/c17-15(18,19)10-3-5-12(6-4-10)28(25,26)24-8-11(9-24)27-14-13(16(20,21)22)2-1-7-23-14/h1-7,11H,8-9H2. The topological polar surface area (TPSA) is 59.5 Å². The molecule has 0 amide bonds. The van der Waals surface area contributed by atoms with Gasteiger partial charge in [-0.25, -0.2) is 13.4 Å². The quantitative estimate of drug-likeness (QED) is 0.702. The summed E-state index contributed by atoms with van der Waals surface area (Å²) in [4.78, 5) is 3.17. The van der Waals surface area contributed by atoms with E-state index >= 15 is 0 Å². The first-order valence-corrected chi connectivity index (χ1v) is 9.19. The van der Waals surface area contributed by atoms with E-state index < -0.39 is 45.5 Å². The summed E-state index contributed by atoms with van der Waals surface area (Å²) in [5.41, 5.74) is -2.08. The van der Waals surface area contributed by atoms with Gasteiger partial charge in [-0.05, 0) is 36.4 Å². The van der Waals surface area contributed by atoms with Crippen LogP contribution in [0.2, 0.25) is 0 Å². The van der Waals surface area contributed by atoms with E-state index in [0.717, 1.165) is 34.8 Å². The Balaban J connectivity index is 1.68. The van der Waals surface area contributed by atoms with Gasteiger partial charge in [0.15, 0.2) is 0 Å². The number of sulfonamides is 1. The summed E-state index contributed by atoms with van der Waals surface area (Å²) in [6.07, 6.45) is -9.03. The third kappa shape index (κ3) is 4.07. The van der Waals surface area contributed by atoms with E-state index in [2.05, 4.69) is 4.98 Å². The Labute approximate surface area is 155 Å². The van der Waals surface area contributed by atoms with Crippen LogP contribution in [-0.4, -0.2) is 36.9 Å². The molecule has 12 heteroatoms. The number of benzene rings is 1. The van der Waals surface area contributed by atoms with Crippen molar-refractivity contribution in [2.45, 2.75) is 23.4 Å². The second kappa shape index (κ2) is 6.92. The van der Waals surface area contributed by atoms with Crippen molar-refractivity contribution in [3.63, 3.8) is 0 Å². The molecule has 2 aromatic rings. The van der Waals surface area contributed by atoms with Crippen molar-refractivity contribution in [3.05, 3.63) is 53.7 Å². The van der Waals surface area contributed by atoms with Gasteiger partial charge in [-0.2, -0.15) is 30.6 Å². The van der Waals surface area contributed by atoms with E-state index in [1.807, 2.05) is 0 Å².